The van der Waals surface area contributed by atoms with Gasteiger partial charge in [-0.15, -0.1) is 24.0 Å². The van der Waals surface area contributed by atoms with Crippen LogP contribution in [0.4, 0.5) is 0 Å². The van der Waals surface area contributed by atoms with E-state index in [0.717, 1.165) is 71.1 Å². The predicted octanol–water partition coefficient (Wildman–Crippen LogP) is 2.81. The zero-order valence-corrected chi connectivity index (χ0v) is 18.1. The average molecular weight is 459 g/mol. The molecular formula is C17H38IN3O3. The molecule has 0 aliphatic carbocycles. The van der Waals surface area contributed by atoms with Crippen LogP contribution in [0.3, 0.4) is 0 Å². The summed E-state index contributed by atoms with van der Waals surface area (Å²) >= 11 is 0. The third-order valence-corrected chi connectivity index (χ3v) is 3.14. The van der Waals surface area contributed by atoms with Crippen molar-refractivity contribution in [3.63, 3.8) is 0 Å². The van der Waals surface area contributed by atoms with E-state index < -0.39 is 0 Å². The van der Waals surface area contributed by atoms with E-state index in [-0.39, 0.29) is 24.0 Å². The molecule has 6 nitrogen and oxygen atoms in total. The molecule has 2 N–H and O–H groups in total. The highest BCUT2D eigenvalue weighted by Crippen LogP contribution is 1.91. The minimum absolute atomic E-state index is 0. The Kier molecular flexibility index (Phi) is 24.9. The monoisotopic (exact) mass is 459 g/mol. The molecule has 0 unspecified atom stereocenters. The molecule has 0 aromatic rings. The van der Waals surface area contributed by atoms with Crippen LogP contribution in [0.1, 0.15) is 46.0 Å². The number of rotatable bonds is 16. The van der Waals surface area contributed by atoms with Crippen LogP contribution in [0.25, 0.3) is 0 Å². The van der Waals surface area contributed by atoms with Gasteiger partial charge in [-0.2, -0.15) is 0 Å². The van der Waals surface area contributed by atoms with E-state index >= 15 is 0 Å². The van der Waals surface area contributed by atoms with Gasteiger partial charge in [0.1, 0.15) is 0 Å². The molecule has 0 amide bonds. The molecule has 0 fully saturated rings. The van der Waals surface area contributed by atoms with E-state index in [9.17, 15) is 0 Å². The fraction of sp³-hybridized carbons (Fsp3) is 0.941. The first-order valence-electron chi connectivity index (χ1n) is 9.01. The number of nitrogens with one attached hydrogen (secondary N) is 2. The van der Waals surface area contributed by atoms with Gasteiger partial charge in [0, 0.05) is 46.6 Å². The third-order valence-electron chi connectivity index (χ3n) is 3.14. The fourth-order valence-corrected chi connectivity index (χ4v) is 1.83. The van der Waals surface area contributed by atoms with Crippen molar-refractivity contribution in [1.29, 1.82) is 0 Å². The van der Waals surface area contributed by atoms with Crippen molar-refractivity contribution in [3.8, 4) is 0 Å². The van der Waals surface area contributed by atoms with Crippen LogP contribution >= 0.6 is 24.0 Å². The minimum atomic E-state index is 0. The molecule has 0 heterocycles. The SMILES string of the molecule is CCCCOCCCN=C(NCC)NCCCCOCCOC.I. The Morgan fingerprint density at radius 1 is 0.833 bits per heavy atom. The zero-order valence-electron chi connectivity index (χ0n) is 15.8. The van der Waals surface area contributed by atoms with Crippen molar-refractivity contribution in [2.24, 2.45) is 4.99 Å². The lowest BCUT2D eigenvalue weighted by Gasteiger charge is -2.11. The molecule has 0 rings (SSSR count). The number of methoxy groups -OCH3 is 1. The molecule has 0 radical (unpaired) electrons. The molecular weight excluding hydrogens is 421 g/mol. The quantitative estimate of drug-likeness (QED) is 0.161. The number of unbranched alkanes of at least 4 members (excludes halogenated alkanes) is 2. The van der Waals surface area contributed by atoms with E-state index in [1.54, 1.807) is 7.11 Å². The first-order chi connectivity index (χ1) is 11.3. The predicted molar refractivity (Wildman–Crippen MR) is 112 cm³/mol. The van der Waals surface area contributed by atoms with Crippen LogP contribution in [0.5, 0.6) is 0 Å². The second kappa shape index (κ2) is 22.9. The molecule has 0 saturated carbocycles. The fourth-order valence-electron chi connectivity index (χ4n) is 1.83. The van der Waals surface area contributed by atoms with Crippen molar-refractivity contribution in [1.82, 2.24) is 10.6 Å². The van der Waals surface area contributed by atoms with Crippen LogP contribution in [-0.4, -0.2) is 65.7 Å². The van der Waals surface area contributed by atoms with Gasteiger partial charge in [-0.05, 0) is 32.6 Å². The average Bonchev–Trinajstić information content (AvgIpc) is 2.56. The summed E-state index contributed by atoms with van der Waals surface area (Å²) in [6.45, 7) is 10.6. The minimum Gasteiger partial charge on any atom is -0.382 e. The standard InChI is InChI=1S/C17H37N3O3.HI/c1-4-6-12-22-14-9-11-20-17(18-5-2)19-10-7-8-13-23-16-15-21-3;/h4-16H2,1-3H3,(H2,18,19,20);1H. The highest BCUT2D eigenvalue weighted by Gasteiger charge is 1.97. The lowest BCUT2D eigenvalue weighted by molar-refractivity contribution is 0.0689. The summed E-state index contributed by atoms with van der Waals surface area (Å²) < 4.78 is 15.9. The van der Waals surface area contributed by atoms with Crippen molar-refractivity contribution in [2.75, 3.05) is 59.8 Å². The molecule has 0 aliphatic rings. The molecule has 0 bridgehead atoms. The molecule has 24 heavy (non-hydrogen) atoms. The van der Waals surface area contributed by atoms with Crippen LogP contribution < -0.4 is 10.6 Å². The van der Waals surface area contributed by atoms with Crippen molar-refractivity contribution < 1.29 is 14.2 Å². The van der Waals surface area contributed by atoms with Gasteiger partial charge in [0.15, 0.2) is 5.96 Å². The Labute approximate surface area is 165 Å². The summed E-state index contributed by atoms with van der Waals surface area (Å²) in [5.41, 5.74) is 0. The summed E-state index contributed by atoms with van der Waals surface area (Å²) in [4.78, 5) is 4.56. The summed E-state index contributed by atoms with van der Waals surface area (Å²) in [5.74, 6) is 0.890. The normalized spacial score (nSPS) is 11.2. The van der Waals surface area contributed by atoms with Gasteiger partial charge < -0.3 is 24.8 Å². The third kappa shape index (κ3) is 19.9. The first kappa shape index (κ1) is 26.1. The number of guanidine groups is 1. The van der Waals surface area contributed by atoms with Crippen LogP contribution in [0.2, 0.25) is 0 Å². The van der Waals surface area contributed by atoms with E-state index in [1.165, 1.54) is 6.42 Å². The van der Waals surface area contributed by atoms with Crippen molar-refractivity contribution >= 4 is 29.9 Å². The van der Waals surface area contributed by atoms with Gasteiger partial charge in [0.05, 0.1) is 13.2 Å². The maximum atomic E-state index is 5.54. The molecule has 0 aromatic heterocycles. The number of halogens is 1. The zero-order chi connectivity index (χ0) is 17.0. The summed E-state index contributed by atoms with van der Waals surface area (Å²) in [6, 6.07) is 0. The van der Waals surface area contributed by atoms with Gasteiger partial charge in [-0.25, -0.2) is 0 Å². The van der Waals surface area contributed by atoms with Crippen LogP contribution in [0.15, 0.2) is 4.99 Å². The van der Waals surface area contributed by atoms with Gasteiger partial charge in [0.25, 0.3) is 0 Å². The molecule has 7 heteroatoms. The number of aliphatic imine (C=N–C) groups is 1. The highest BCUT2D eigenvalue weighted by molar-refractivity contribution is 14.0. The number of hydrogen-bond donors (Lipinski definition) is 2. The molecule has 146 valence electrons. The van der Waals surface area contributed by atoms with Gasteiger partial charge in [-0.1, -0.05) is 13.3 Å². The number of ether oxygens (including phenoxy) is 3. The number of hydrogen-bond acceptors (Lipinski definition) is 4. The largest absolute Gasteiger partial charge is 0.382 e. The van der Waals surface area contributed by atoms with E-state index in [1.807, 2.05) is 0 Å². The van der Waals surface area contributed by atoms with Gasteiger partial charge in [0.2, 0.25) is 0 Å². The van der Waals surface area contributed by atoms with Crippen LogP contribution in [-0.2, 0) is 14.2 Å². The summed E-state index contributed by atoms with van der Waals surface area (Å²) in [5, 5.41) is 6.61. The Bertz CT molecular complexity index is 269. The number of nitrogens with zero attached hydrogens (tertiary/aromatic N) is 1. The van der Waals surface area contributed by atoms with E-state index in [4.69, 9.17) is 14.2 Å². The lowest BCUT2D eigenvalue weighted by atomic mass is 10.3. The van der Waals surface area contributed by atoms with Crippen molar-refractivity contribution in [2.45, 2.75) is 46.0 Å². The van der Waals surface area contributed by atoms with Gasteiger partial charge in [-0.3, -0.25) is 4.99 Å². The first-order valence-corrected chi connectivity index (χ1v) is 9.01. The van der Waals surface area contributed by atoms with E-state index in [0.29, 0.717) is 13.2 Å². The topological polar surface area (TPSA) is 64.1 Å². The molecule has 0 aliphatic heterocycles. The van der Waals surface area contributed by atoms with E-state index in [2.05, 4.69) is 29.5 Å². The highest BCUT2D eigenvalue weighted by atomic mass is 127. The second-order valence-corrected chi connectivity index (χ2v) is 5.32. The maximum Gasteiger partial charge on any atom is 0.191 e. The maximum absolute atomic E-state index is 5.54. The molecule has 0 atom stereocenters. The summed E-state index contributed by atoms with van der Waals surface area (Å²) in [7, 11) is 1.69. The smallest absolute Gasteiger partial charge is 0.191 e. The molecule has 0 saturated heterocycles. The molecule has 0 spiro atoms. The van der Waals surface area contributed by atoms with Crippen LogP contribution in [0, 0.1) is 0 Å². The second-order valence-electron chi connectivity index (χ2n) is 5.32. The Balaban J connectivity index is 0. The van der Waals surface area contributed by atoms with Gasteiger partial charge >= 0.3 is 0 Å². The molecule has 0 aromatic carbocycles. The lowest BCUT2D eigenvalue weighted by Crippen LogP contribution is -2.38. The Morgan fingerprint density at radius 2 is 1.54 bits per heavy atom. The van der Waals surface area contributed by atoms with Crippen molar-refractivity contribution in [3.05, 3.63) is 0 Å². The Hall–Kier alpha value is -0.120. The summed E-state index contributed by atoms with van der Waals surface area (Å²) in [6.07, 6.45) is 5.40. The Morgan fingerprint density at radius 3 is 2.25 bits per heavy atom.